The lowest BCUT2D eigenvalue weighted by Gasteiger charge is -2.33. The van der Waals surface area contributed by atoms with E-state index in [0.29, 0.717) is 17.0 Å². The Morgan fingerprint density at radius 1 is 1.05 bits per heavy atom. The van der Waals surface area contributed by atoms with Gasteiger partial charge < -0.3 is 21.5 Å². The Hall–Kier alpha value is -3.92. The van der Waals surface area contributed by atoms with Gasteiger partial charge in [0.2, 0.25) is 5.91 Å². The second-order valence-electron chi connectivity index (χ2n) is 9.60. The van der Waals surface area contributed by atoms with Crippen molar-refractivity contribution in [2.75, 3.05) is 17.7 Å². The molecule has 9 nitrogen and oxygen atoms in total. The molecule has 1 fully saturated rings. The number of carbonyl (C=O) groups is 3. The largest absolute Gasteiger partial charge is 0.497 e. The van der Waals surface area contributed by atoms with Crippen LogP contribution >= 0.6 is 11.5 Å². The number of anilines is 2. The lowest BCUT2D eigenvalue weighted by Crippen LogP contribution is -2.47. The average molecular weight is 536 g/mol. The predicted octanol–water partition coefficient (Wildman–Crippen LogP) is 4.29. The van der Waals surface area contributed by atoms with Crippen molar-refractivity contribution in [2.45, 2.75) is 58.0 Å². The summed E-state index contributed by atoms with van der Waals surface area (Å²) in [5.74, 6) is -1.04. The number of methoxy groups -OCH3 is 1. The number of rotatable bonds is 8. The van der Waals surface area contributed by atoms with Crippen molar-refractivity contribution in [2.24, 2.45) is 5.73 Å². The van der Waals surface area contributed by atoms with Crippen LogP contribution in [0.4, 0.5) is 11.4 Å². The second kappa shape index (κ2) is 11.6. The van der Waals surface area contributed by atoms with Crippen LogP contribution in [0, 0.1) is 13.8 Å². The Bertz CT molecular complexity index is 1330. The van der Waals surface area contributed by atoms with Gasteiger partial charge in [-0.15, -0.1) is 0 Å². The van der Waals surface area contributed by atoms with E-state index in [1.165, 1.54) is 4.90 Å². The summed E-state index contributed by atoms with van der Waals surface area (Å²) in [6, 6.07) is 11.6. The molecule has 1 heterocycles. The van der Waals surface area contributed by atoms with Crippen molar-refractivity contribution in [3.8, 4) is 5.75 Å². The molecule has 1 aromatic heterocycles. The molecule has 38 heavy (non-hydrogen) atoms. The van der Waals surface area contributed by atoms with Crippen LogP contribution in [0.2, 0.25) is 0 Å². The number of carbonyl (C=O) groups excluding carboxylic acids is 3. The summed E-state index contributed by atoms with van der Waals surface area (Å²) in [6.07, 6.45) is 5.02. The number of nitrogen functional groups attached to an aromatic ring is 1. The Labute approximate surface area is 226 Å². The molecule has 10 heteroatoms. The van der Waals surface area contributed by atoms with E-state index in [9.17, 15) is 14.4 Å². The number of hydrogen-bond acceptors (Lipinski definition) is 7. The Morgan fingerprint density at radius 3 is 2.32 bits per heavy atom. The number of nitrogens with two attached hydrogens (primary N) is 2. The molecule has 0 bridgehead atoms. The number of aromatic nitrogens is 1. The maximum atomic E-state index is 14.2. The molecular weight excluding hydrogens is 502 g/mol. The normalized spacial score (nSPS) is 14.5. The zero-order valence-corrected chi connectivity index (χ0v) is 22.6. The molecule has 1 aliphatic carbocycles. The molecule has 3 aromatic rings. The average Bonchev–Trinajstić information content (AvgIpc) is 3.30. The van der Waals surface area contributed by atoms with Crippen molar-refractivity contribution in [1.82, 2.24) is 9.69 Å². The first-order chi connectivity index (χ1) is 18.2. The second-order valence-corrected chi connectivity index (χ2v) is 10.4. The lowest BCUT2D eigenvalue weighted by atomic mass is 9.94. The number of benzene rings is 2. The van der Waals surface area contributed by atoms with E-state index >= 15 is 0 Å². The monoisotopic (exact) mass is 535 g/mol. The van der Waals surface area contributed by atoms with E-state index < -0.39 is 17.9 Å². The van der Waals surface area contributed by atoms with Gasteiger partial charge in [0.15, 0.2) is 5.69 Å². The molecule has 4 rings (SSSR count). The van der Waals surface area contributed by atoms with Crippen molar-refractivity contribution in [3.63, 3.8) is 0 Å². The molecular formula is C28H33N5O4S. The number of ether oxygens (including phenoxy) is 1. The number of aryl methyl sites for hydroxylation is 2. The van der Waals surface area contributed by atoms with Gasteiger partial charge in [-0.3, -0.25) is 19.3 Å². The van der Waals surface area contributed by atoms with Gasteiger partial charge in [0.25, 0.3) is 11.8 Å². The molecule has 2 aromatic carbocycles. The van der Waals surface area contributed by atoms with Gasteiger partial charge in [-0.05, 0) is 79.2 Å². The van der Waals surface area contributed by atoms with Crippen molar-refractivity contribution >= 4 is 40.6 Å². The molecule has 0 aliphatic heterocycles. The van der Waals surface area contributed by atoms with Crippen LogP contribution in [0.1, 0.15) is 75.0 Å². The molecule has 3 amide bonds. The smallest absolute Gasteiger partial charge is 0.273 e. The maximum Gasteiger partial charge on any atom is 0.273 e. The lowest BCUT2D eigenvalue weighted by molar-refractivity contribution is -0.123. The SMILES string of the molecule is COc1ccc([C@@H](C(=O)NC2CCCCC2)N(C(=O)c2snc(C(N)=O)c2N)c2ccc(C)c(C)c2)cc1. The van der Waals surface area contributed by atoms with E-state index in [0.717, 1.165) is 54.8 Å². The number of nitrogens with one attached hydrogen (secondary N) is 1. The third kappa shape index (κ3) is 5.65. The van der Waals surface area contributed by atoms with Crippen LogP contribution < -0.4 is 26.4 Å². The third-order valence-corrected chi connectivity index (χ3v) is 7.88. The number of hydrogen-bond donors (Lipinski definition) is 3. The summed E-state index contributed by atoms with van der Waals surface area (Å²) >= 11 is 0.790. The zero-order chi connectivity index (χ0) is 27.4. The van der Waals surface area contributed by atoms with E-state index in [-0.39, 0.29) is 28.2 Å². The van der Waals surface area contributed by atoms with E-state index in [2.05, 4.69) is 9.69 Å². The first-order valence-corrected chi connectivity index (χ1v) is 13.4. The fraction of sp³-hybridized carbons (Fsp3) is 0.357. The van der Waals surface area contributed by atoms with Gasteiger partial charge in [-0.25, -0.2) is 0 Å². The van der Waals surface area contributed by atoms with Crippen LogP contribution in [-0.4, -0.2) is 35.2 Å². The number of nitrogens with zero attached hydrogens (tertiary/aromatic N) is 2. The summed E-state index contributed by atoms with van der Waals surface area (Å²) in [7, 11) is 1.57. The molecule has 0 saturated heterocycles. The Balaban J connectivity index is 1.86. The zero-order valence-electron chi connectivity index (χ0n) is 21.8. The Kier molecular flexibility index (Phi) is 8.31. The first-order valence-electron chi connectivity index (χ1n) is 12.6. The molecule has 0 radical (unpaired) electrons. The topological polar surface area (TPSA) is 141 Å². The predicted molar refractivity (Wildman–Crippen MR) is 149 cm³/mol. The van der Waals surface area contributed by atoms with E-state index in [1.807, 2.05) is 26.0 Å². The number of primary amides is 1. The standard InChI is InChI=1S/C28H33N5O4S/c1-16-9-12-20(15-17(16)2)33(28(36)25-22(29)23(26(30)34)32-38-25)24(18-10-13-21(37-3)14-11-18)27(35)31-19-7-5-4-6-8-19/h9-15,19,24H,4-8,29H2,1-3H3,(H2,30,34)(H,31,35)/t24-/m0/s1. The van der Waals surface area contributed by atoms with Gasteiger partial charge >= 0.3 is 0 Å². The summed E-state index contributed by atoms with van der Waals surface area (Å²) in [5.41, 5.74) is 14.4. The first kappa shape index (κ1) is 27.1. The van der Waals surface area contributed by atoms with Crippen LogP contribution in [-0.2, 0) is 4.79 Å². The fourth-order valence-corrected chi connectivity index (χ4v) is 5.47. The minimum absolute atomic E-state index is 0.0312. The van der Waals surface area contributed by atoms with Gasteiger partial charge in [-0.2, -0.15) is 4.37 Å². The maximum absolute atomic E-state index is 14.2. The van der Waals surface area contributed by atoms with Crippen LogP contribution in [0.15, 0.2) is 42.5 Å². The van der Waals surface area contributed by atoms with Crippen LogP contribution in [0.25, 0.3) is 0 Å². The highest BCUT2D eigenvalue weighted by molar-refractivity contribution is 7.09. The van der Waals surface area contributed by atoms with Gasteiger partial charge in [0.1, 0.15) is 16.7 Å². The molecule has 5 N–H and O–H groups in total. The fourth-order valence-electron chi connectivity index (χ4n) is 4.73. The molecule has 1 atom stereocenters. The summed E-state index contributed by atoms with van der Waals surface area (Å²) in [5, 5.41) is 3.18. The van der Waals surface area contributed by atoms with E-state index in [4.69, 9.17) is 16.2 Å². The highest BCUT2D eigenvalue weighted by atomic mass is 32.1. The highest BCUT2D eigenvalue weighted by Gasteiger charge is 2.37. The summed E-state index contributed by atoms with van der Waals surface area (Å²) in [6.45, 7) is 3.92. The van der Waals surface area contributed by atoms with Gasteiger partial charge in [0, 0.05) is 11.7 Å². The van der Waals surface area contributed by atoms with Crippen molar-refractivity contribution in [1.29, 1.82) is 0 Å². The summed E-state index contributed by atoms with van der Waals surface area (Å²) in [4.78, 5) is 41.5. The van der Waals surface area contributed by atoms with Gasteiger partial charge in [-0.1, -0.05) is 37.5 Å². The summed E-state index contributed by atoms with van der Waals surface area (Å²) < 4.78 is 9.33. The quantitative estimate of drug-likeness (QED) is 0.393. The van der Waals surface area contributed by atoms with Crippen molar-refractivity contribution in [3.05, 3.63) is 69.7 Å². The molecule has 1 aliphatic rings. The van der Waals surface area contributed by atoms with E-state index in [1.54, 1.807) is 37.4 Å². The van der Waals surface area contributed by atoms with Crippen LogP contribution in [0.3, 0.4) is 0 Å². The minimum Gasteiger partial charge on any atom is -0.497 e. The minimum atomic E-state index is -1.02. The van der Waals surface area contributed by atoms with Crippen molar-refractivity contribution < 1.29 is 19.1 Å². The van der Waals surface area contributed by atoms with Gasteiger partial charge in [0.05, 0.1) is 12.8 Å². The third-order valence-electron chi connectivity index (χ3n) is 7.03. The molecule has 200 valence electrons. The molecule has 0 unspecified atom stereocenters. The molecule has 0 spiro atoms. The highest BCUT2D eigenvalue weighted by Crippen LogP contribution is 2.35. The van der Waals surface area contributed by atoms with Crippen LogP contribution in [0.5, 0.6) is 5.75 Å². The number of amides is 3. The Morgan fingerprint density at radius 2 is 1.74 bits per heavy atom. The molecule has 1 saturated carbocycles.